The fraction of sp³-hybridized carbons (Fsp3) is 0.900. The molecule has 0 spiro atoms. The van der Waals surface area contributed by atoms with Crippen LogP contribution in [0.5, 0.6) is 0 Å². The Bertz CT molecular complexity index is 104. The summed E-state index contributed by atoms with van der Waals surface area (Å²) in [4.78, 5) is 0. The molecule has 0 heterocycles. The molecular weight excluding hydrogens is 120 g/mol. The van der Waals surface area contributed by atoms with Crippen LogP contribution in [-0.4, -0.2) is 0 Å². The minimum atomic E-state index is 0.703. The molecule has 3 rings (SSSR count). The fourth-order valence-corrected chi connectivity index (χ4v) is 2.61. The summed E-state index contributed by atoms with van der Waals surface area (Å²) in [5.74, 6) is 1.08. The van der Waals surface area contributed by atoms with Crippen molar-refractivity contribution >= 4 is 0 Å². The number of hydrogen-bond acceptors (Lipinski definition) is 0. The third kappa shape index (κ3) is 0.889. The van der Waals surface area contributed by atoms with Crippen LogP contribution < -0.4 is 0 Å². The Morgan fingerprint density at radius 1 is 1.40 bits per heavy atom. The lowest BCUT2D eigenvalue weighted by molar-refractivity contribution is 0.120. The molecule has 3 aliphatic rings. The van der Waals surface area contributed by atoms with Crippen molar-refractivity contribution in [2.45, 2.75) is 45.4 Å². The summed E-state index contributed by atoms with van der Waals surface area (Å²) in [5, 5.41) is 0. The van der Waals surface area contributed by atoms with Crippen LogP contribution in [-0.2, 0) is 0 Å². The maximum Gasteiger partial charge on any atom is -0.0269 e. The van der Waals surface area contributed by atoms with E-state index in [4.69, 9.17) is 0 Å². The van der Waals surface area contributed by atoms with Crippen molar-refractivity contribution in [1.29, 1.82) is 0 Å². The Kier molecular flexibility index (Phi) is 1.51. The molecule has 0 N–H and O–H groups in total. The van der Waals surface area contributed by atoms with Crippen molar-refractivity contribution in [3.63, 3.8) is 0 Å². The minimum absolute atomic E-state index is 0.703. The highest BCUT2D eigenvalue weighted by atomic mass is 14.4. The minimum Gasteiger partial charge on any atom is -0.0648 e. The first-order valence-corrected chi connectivity index (χ1v) is 4.69. The van der Waals surface area contributed by atoms with E-state index in [1.807, 2.05) is 0 Å². The van der Waals surface area contributed by atoms with Gasteiger partial charge in [0.15, 0.2) is 0 Å². The summed E-state index contributed by atoms with van der Waals surface area (Å²) in [6.45, 7) is 2.35. The second kappa shape index (κ2) is 2.25. The summed E-state index contributed by atoms with van der Waals surface area (Å²) in [5.41, 5.74) is 0.703. The number of rotatable bonds is 1. The molecule has 0 aromatic rings. The van der Waals surface area contributed by atoms with Gasteiger partial charge in [0.05, 0.1) is 0 Å². The molecule has 10 heavy (non-hydrogen) atoms. The Hall–Kier alpha value is 0. The summed E-state index contributed by atoms with van der Waals surface area (Å²) >= 11 is 0. The van der Waals surface area contributed by atoms with Crippen LogP contribution in [0.4, 0.5) is 0 Å². The second-order valence-electron chi connectivity index (χ2n) is 4.10. The van der Waals surface area contributed by atoms with E-state index in [9.17, 15) is 0 Å². The average molecular weight is 137 g/mol. The van der Waals surface area contributed by atoms with Gasteiger partial charge in [0.1, 0.15) is 0 Å². The fourth-order valence-electron chi connectivity index (χ4n) is 2.61. The molecule has 57 valence electrons. The van der Waals surface area contributed by atoms with Crippen LogP contribution in [0.15, 0.2) is 0 Å². The van der Waals surface area contributed by atoms with Gasteiger partial charge in [-0.15, -0.1) is 0 Å². The van der Waals surface area contributed by atoms with Gasteiger partial charge in [0.25, 0.3) is 0 Å². The van der Waals surface area contributed by atoms with E-state index in [0.29, 0.717) is 5.41 Å². The predicted octanol–water partition coefficient (Wildman–Crippen LogP) is 3.18. The van der Waals surface area contributed by atoms with Gasteiger partial charge in [-0.1, -0.05) is 13.3 Å². The predicted molar refractivity (Wildman–Crippen MR) is 43.6 cm³/mol. The molecule has 2 bridgehead atoms. The van der Waals surface area contributed by atoms with E-state index < -0.39 is 0 Å². The van der Waals surface area contributed by atoms with E-state index in [-0.39, 0.29) is 0 Å². The van der Waals surface area contributed by atoms with Crippen LogP contribution in [0.25, 0.3) is 0 Å². The number of fused-ring (bicyclic) bond motifs is 3. The molecule has 0 heteroatoms. The van der Waals surface area contributed by atoms with Crippen molar-refractivity contribution < 1.29 is 0 Å². The zero-order valence-corrected chi connectivity index (χ0v) is 6.90. The van der Waals surface area contributed by atoms with Gasteiger partial charge in [-0.25, -0.2) is 0 Å². The van der Waals surface area contributed by atoms with Gasteiger partial charge in [0, 0.05) is 0 Å². The molecule has 0 atom stereocenters. The third-order valence-corrected chi connectivity index (χ3v) is 3.69. The number of hydrogen-bond donors (Lipinski definition) is 0. The molecule has 3 fully saturated rings. The molecule has 0 aromatic heterocycles. The standard InChI is InChI=1S/C10H17/c1-2-10-6-3-9(4-7-10)5-8-10/h6,9H,2-5,7-8H2,1H3. The first-order chi connectivity index (χ1) is 4.85. The molecule has 0 unspecified atom stereocenters. The van der Waals surface area contributed by atoms with Gasteiger partial charge < -0.3 is 0 Å². The molecule has 0 aromatic carbocycles. The van der Waals surface area contributed by atoms with Crippen molar-refractivity contribution in [3.8, 4) is 0 Å². The van der Waals surface area contributed by atoms with Crippen LogP contribution >= 0.6 is 0 Å². The lowest BCUT2D eigenvalue weighted by Crippen LogP contribution is -2.33. The second-order valence-corrected chi connectivity index (χ2v) is 4.10. The van der Waals surface area contributed by atoms with E-state index in [0.717, 1.165) is 5.92 Å². The van der Waals surface area contributed by atoms with Gasteiger partial charge >= 0.3 is 0 Å². The third-order valence-electron chi connectivity index (χ3n) is 3.69. The van der Waals surface area contributed by atoms with Gasteiger partial charge in [-0.05, 0) is 49.9 Å². The maximum atomic E-state index is 2.62. The Morgan fingerprint density at radius 2 is 2.10 bits per heavy atom. The molecule has 3 saturated carbocycles. The summed E-state index contributed by atoms with van der Waals surface area (Å²) in [6, 6.07) is 0. The first kappa shape index (κ1) is 6.69. The highest BCUT2D eigenvalue weighted by molar-refractivity contribution is 5.01. The Balaban J connectivity index is 2.08. The van der Waals surface area contributed by atoms with Crippen LogP contribution in [0.2, 0.25) is 0 Å². The average Bonchev–Trinajstić information content (AvgIpc) is 2.08. The lowest BCUT2D eigenvalue weighted by Gasteiger charge is -2.46. The highest BCUT2D eigenvalue weighted by Crippen LogP contribution is 2.51. The Labute approximate surface area is 64.0 Å². The van der Waals surface area contributed by atoms with Crippen molar-refractivity contribution in [2.24, 2.45) is 11.3 Å². The molecule has 3 aliphatic carbocycles. The summed E-state index contributed by atoms with van der Waals surface area (Å²) in [6.07, 6.45) is 11.5. The lowest BCUT2D eigenvalue weighted by atomic mass is 9.60. The molecular formula is C10H17. The van der Waals surface area contributed by atoms with Crippen molar-refractivity contribution in [1.82, 2.24) is 0 Å². The summed E-state index contributed by atoms with van der Waals surface area (Å²) in [7, 11) is 0. The molecule has 0 aliphatic heterocycles. The largest absolute Gasteiger partial charge is 0.0648 e. The molecule has 0 nitrogen and oxygen atoms in total. The van der Waals surface area contributed by atoms with Crippen LogP contribution in [0.1, 0.15) is 45.4 Å². The first-order valence-electron chi connectivity index (χ1n) is 4.69. The van der Waals surface area contributed by atoms with Gasteiger partial charge in [0.2, 0.25) is 0 Å². The van der Waals surface area contributed by atoms with Gasteiger partial charge in [-0.3, -0.25) is 0 Å². The van der Waals surface area contributed by atoms with Crippen LogP contribution in [0.3, 0.4) is 0 Å². The normalized spacial score (nSPS) is 45.9. The van der Waals surface area contributed by atoms with E-state index >= 15 is 0 Å². The smallest absolute Gasteiger partial charge is 0.0269 e. The van der Waals surface area contributed by atoms with E-state index in [1.54, 1.807) is 0 Å². The van der Waals surface area contributed by atoms with Crippen molar-refractivity contribution in [3.05, 3.63) is 6.42 Å². The zero-order valence-electron chi connectivity index (χ0n) is 6.90. The van der Waals surface area contributed by atoms with E-state index in [2.05, 4.69) is 13.3 Å². The Morgan fingerprint density at radius 3 is 2.40 bits per heavy atom. The molecule has 0 amide bonds. The van der Waals surface area contributed by atoms with E-state index in [1.165, 1.54) is 38.5 Å². The quantitative estimate of drug-likeness (QED) is 0.520. The maximum absolute atomic E-state index is 2.62. The van der Waals surface area contributed by atoms with Gasteiger partial charge in [-0.2, -0.15) is 0 Å². The SMILES string of the molecule is CCC12[CH]CC(CC1)CC2. The van der Waals surface area contributed by atoms with Crippen molar-refractivity contribution in [2.75, 3.05) is 0 Å². The molecule has 1 radical (unpaired) electrons. The topological polar surface area (TPSA) is 0 Å². The molecule has 0 saturated heterocycles. The monoisotopic (exact) mass is 137 g/mol. The zero-order chi connectivity index (χ0) is 7.03. The highest BCUT2D eigenvalue weighted by Gasteiger charge is 2.38. The van der Waals surface area contributed by atoms with Crippen LogP contribution in [0, 0.1) is 17.8 Å². The summed E-state index contributed by atoms with van der Waals surface area (Å²) < 4.78 is 0.